The van der Waals surface area contributed by atoms with Crippen molar-refractivity contribution < 1.29 is 0 Å². The van der Waals surface area contributed by atoms with Crippen LogP contribution in [0.5, 0.6) is 0 Å². The van der Waals surface area contributed by atoms with Crippen LogP contribution in [0.4, 0.5) is 0 Å². The first kappa shape index (κ1) is 13.2. The molecule has 0 spiro atoms. The van der Waals surface area contributed by atoms with Gasteiger partial charge in [0.2, 0.25) is 0 Å². The third-order valence-corrected chi connectivity index (χ3v) is 2.69. The highest BCUT2D eigenvalue weighted by atomic mass is 14.0. The van der Waals surface area contributed by atoms with Crippen molar-refractivity contribution >= 4 is 11.6 Å². The third-order valence-electron chi connectivity index (χ3n) is 2.69. The van der Waals surface area contributed by atoms with E-state index in [1.165, 1.54) is 22.3 Å². The molecular formula is C17H20. The van der Waals surface area contributed by atoms with Gasteiger partial charge in [0.25, 0.3) is 0 Å². The average Bonchev–Trinajstić information content (AvgIpc) is 2.31. The van der Waals surface area contributed by atoms with Crippen molar-refractivity contribution in [1.29, 1.82) is 0 Å². The Morgan fingerprint density at radius 2 is 1.47 bits per heavy atom. The summed E-state index contributed by atoms with van der Waals surface area (Å²) in [6.07, 6.45) is 2.21. The fourth-order valence-electron chi connectivity index (χ4n) is 1.70. The second-order valence-electron chi connectivity index (χ2n) is 4.10. The van der Waals surface area contributed by atoms with Crippen LogP contribution in [0.2, 0.25) is 0 Å². The molecule has 0 fully saturated rings. The van der Waals surface area contributed by atoms with Gasteiger partial charge in [-0.25, -0.2) is 0 Å². The Labute approximate surface area is 105 Å². The maximum absolute atomic E-state index is 2.21. The van der Waals surface area contributed by atoms with E-state index in [2.05, 4.69) is 68.5 Å². The highest BCUT2D eigenvalue weighted by molar-refractivity contribution is 5.80. The van der Waals surface area contributed by atoms with Gasteiger partial charge in [-0.15, -0.1) is 0 Å². The number of rotatable bonds is 2. The van der Waals surface area contributed by atoms with E-state index in [0.29, 0.717) is 0 Å². The molecule has 2 rings (SSSR count). The molecule has 0 saturated heterocycles. The lowest BCUT2D eigenvalue weighted by molar-refractivity contribution is 1.45. The van der Waals surface area contributed by atoms with E-state index in [9.17, 15) is 0 Å². The number of allylic oxidation sites excluding steroid dienone is 1. The molecule has 0 radical (unpaired) electrons. The summed E-state index contributed by atoms with van der Waals surface area (Å²) >= 11 is 0. The first-order valence-corrected chi connectivity index (χ1v) is 5.56. The standard InChI is InChI=1S/C16H16.CH4/c1-13-8-10-16(11-9-13)14(2)12-15-6-4-3-5-7-15;/h3-12H,1-2H3;1H4/b14-12+;. The van der Waals surface area contributed by atoms with Crippen molar-refractivity contribution in [3.63, 3.8) is 0 Å². The average molecular weight is 224 g/mol. The van der Waals surface area contributed by atoms with E-state index in [4.69, 9.17) is 0 Å². The summed E-state index contributed by atoms with van der Waals surface area (Å²) in [4.78, 5) is 0. The Hall–Kier alpha value is -1.82. The molecule has 0 aromatic heterocycles. The zero-order valence-electron chi connectivity index (χ0n) is 9.77. The maximum atomic E-state index is 2.21. The SMILES string of the molecule is C.C/C(=C\c1ccccc1)c1ccc(C)cc1. The molecule has 0 aliphatic heterocycles. The topological polar surface area (TPSA) is 0 Å². The normalized spacial score (nSPS) is 10.8. The van der Waals surface area contributed by atoms with Gasteiger partial charge in [-0.2, -0.15) is 0 Å². The predicted octanol–water partition coefficient (Wildman–Crippen LogP) is 5.19. The summed E-state index contributed by atoms with van der Waals surface area (Å²) < 4.78 is 0. The van der Waals surface area contributed by atoms with Crippen molar-refractivity contribution in [3.8, 4) is 0 Å². The van der Waals surface area contributed by atoms with Crippen LogP contribution in [0.25, 0.3) is 11.6 Å². The summed E-state index contributed by atoms with van der Waals surface area (Å²) in [5.41, 5.74) is 5.14. The van der Waals surface area contributed by atoms with Gasteiger partial charge < -0.3 is 0 Å². The second-order valence-corrected chi connectivity index (χ2v) is 4.10. The molecule has 0 bridgehead atoms. The van der Waals surface area contributed by atoms with Crippen LogP contribution < -0.4 is 0 Å². The molecule has 0 nitrogen and oxygen atoms in total. The predicted molar refractivity (Wildman–Crippen MR) is 77.9 cm³/mol. The molecular weight excluding hydrogens is 204 g/mol. The summed E-state index contributed by atoms with van der Waals surface area (Å²) in [6, 6.07) is 19.1. The largest absolute Gasteiger partial charge is 0.0776 e. The van der Waals surface area contributed by atoms with Crippen molar-refractivity contribution in [1.82, 2.24) is 0 Å². The summed E-state index contributed by atoms with van der Waals surface area (Å²) in [7, 11) is 0. The molecule has 0 aliphatic rings. The van der Waals surface area contributed by atoms with E-state index in [0.717, 1.165) is 0 Å². The molecule has 0 saturated carbocycles. The number of aryl methyl sites for hydroxylation is 1. The monoisotopic (exact) mass is 224 g/mol. The van der Waals surface area contributed by atoms with Crippen LogP contribution in [0, 0.1) is 6.92 Å². The first-order chi connectivity index (χ1) is 7.75. The van der Waals surface area contributed by atoms with Crippen molar-refractivity contribution in [2.75, 3.05) is 0 Å². The van der Waals surface area contributed by atoms with E-state index >= 15 is 0 Å². The lowest BCUT2D eigenvalue weighted by Crippen LogP contribution is -1.80. The van der Waals surface area contributed by atoms with Crippen molar-refractivity contribution in [2.45, 2.75) is 21.3 Å². The lowest BCUT2D eigenvalue weighted by atomic mass is 10.0. The molecule has 17 heavy (non-hydrogen) atoms. The number of benzene rings is 2. The number of hydrogen-bond acceptors (Lipinski definition) is 0. The van der Waals surface area contributed by atoms with Gasteiger partial charge >= 0.3 is 0 Å². The molecule has 0 atom stereocenters. The Morgan fingerprint density at radius 3 is 2.06 bits per heavy atom. The minimum Gasteiger partial charge on any atom is -0.0776 e. The molecule has 88 valence electrons. The molecule has 2 aromatic carbocycles. The smallest absolute Gasteiger partial charge is 0.0227 e. The molecule has 0 heteroatoms. The first-order valence-electron chi connectivity index (χ1n) is 5.56. The molecule has 0 aliphatic carbocycles. The molecule has 2 aromatic rings. The van der Waals surface area contributed by atoms with Gasteiger partial charge in [-0.3, -0.25) is 0 Å². The highest BCUT2D eigenvalue weighted by Gasteiger charge is 1.95. The fraction of sp³-hybridized carbons (Fsp3) is 0.176. The highest BCUT2D eigenvalue weighted by Crippen LogP contribution is 2.17. The second kappa shape index (κ2) is 6.05. The van der Waals surface area contributed by atoms with Crippen LogP contribution in [-0.2, 0) is 0 Å². The Morgan fingerprint density at radius 1 is 0.882 bits per heavy atom. The molecule has 0 unspecified atom stereocenters. The van der Waals surface area contributed by atoms with Crippen LogP contribution in [-0.4, -0.2) is 0 Å². The summed E-state index contributed by atoms with van der Waals surface area (Å²) in [6.45, 7) is 4.26. The zero-order valence-corrected chi connectivity index (χ0v) is 9.77. The molecule has 0 N–H and O–H groups in total. The lowest BCUT2D eigenvalue weighted by Gasteiger charge is -2.02. The third kappa shape index (κ3) is 3.60. The number of hydrogen-bond donors (Lipinski definition) is 0. The van der Waals surface area contributed by atoms with Gasteiger partial charge in [-0.1, -0.05) is 73.7 Å². The van der Waals surface area contributed by atoms with Crippen LogP contribution in [0.3, 0.4) is 0 Å². The Balaban J connectivity index is 0.00000144. The molecule has 0 heterocycles. The van der Waals surface area contributed by atoms with E-state index in [1.54, 1.807) is 0 Å². The Bertz CT molecular complexity index is 475. The van der Waals surface area contributed by atoms with Crippen LogP contribution >= 0.6 is 0 Å². The van der Waals surface area contributed by atoms with Gasteiger partial charge in [0.15, 0.2) is 0 Å². The van der Waals surface area contributed by atoms with Crippen LogP contribution in [0.1, 0.15) is 31.0 Å². The van der Waals surface area contributed by atoms with Gasteiger partial charge in [-0.05, 0) is 30.5 Å². The van der Waals surface area contributed by atoms with Gasteiger partial charge in [0.05, 0.1) is 0 Å². The van der Waals surface area contributed by atoms with Gasteiger partial charge in [0.1, 0.15) is 0 Å². The summed E-state index contributed by atoms with van der Waals surface area (Å²) in [5, 5.41) is 0. The van der Waals surface area contributed by atoms with Crippen molar-refractivity contribution in [2.24, 2.45) is 0 Å². The fourth-order valence-corrected chi connectivity index (χ4v) is 1.70. The quantitative estimate of drug-likeness (QED) is 0.616. The van der Waals surface area contributed by atoms with Gasteiger partial charge in [0, 0.05) is 0 Å². The van der Waals surface area contributed by atoms with E-state index < -0.39 is 0 Å². The molecule has 0 amide bonds. The maximum Gasteiger partial charge on any atom is -0.0227 e. The zero-order chi connectivity index (χ0) is 11.4. The van der Waals surface area contributed by atoms with Crippen molar-refractivity contribution in [3.05, 3.63) is 71.3 Å². The van der Waals surface area contributed by atoms with E-state index in [1.807, 2.05) is 6.07 Å². The summed E-state index contributed by atoms with van der Waals surface area (Å²) in [5.74, 6) is 0. The minimum absolute atomic E-state index is 0. The van der Waals surface area contributed by atoms with Crippen LogP contribution in [0.15, 0.2) is 54.6 Å². The Kier molecular flexibility index (Phi) is 4.71. The minimum atomic E-state index is 0. The van der Waals surface area contributed by atoms with E-state index in [-0.39, 0.29) is 7.43 Å².